The number of carboxylic acids is 1. The summed E-state index contributed by atoms with van der Waals surface area (Å²) >= 11 is 0. The predicted molar refractivity (Wildman–Crippen MR) is 65.4 cm³/mol. The molecule has 1 atom stereocenters. The average Bonchev–Trinajstić information content (AvgIpc) is 2.29. The third kappa shape index (κ3) is 4.16. The lowest BCUT2D eigenvalue weighted by Gasteiger charge is -2.17. The highest BCUT2D eigenvalue weighted by Crippen LogP contribution is 2.19. The molecular weight excluding hydrogens is 257 g/mol. The van der Waals surface area contributed by atoms with E-state index in [0.717, 1.165) is 6.20 Å². The molecule has 1 rings (SSSR count). The van der Waals surface area contributed by atoms with Crippen molar-refractivity contribution in [3.05, 3.63) is 28.2 Å². The first kappa shape index (κ1) is 14.8. The number of nitrogens with one attached hydrogen (secondary N) is 1. The Morgan fingerprint density at radius 3 is 2.68 bits per heavy atom. The van der Waals surface area contributed by atoms with Gasteiger partial charge in [0.15, 0.2) is 11.6 Å². The predicted octanol–water partition coefficient (Wildman–Crippen LogP) is 2.04. The highest BCUT2D eigenvalue weighted by Gasteiger charge is 2.21. The summed E-state index contributed by atoms with van der Waals surface area (Å²) in [5.74, 6) is -2.30. The number of aliphatic carboxylic acids is 1. The van der Waals surface area contributed by atoms with Crippen LogP contribution in [0.25, 0.3) is 0 Å². The van der Waals surface area contributed by atoms with Gasteiger partial charge in [-0.1, -0.05) is 13.8 Å². The molecule has 104 valence electrons. The number of aromatic nitrogens is 1. The van der Waals surface area contributed by atoms with Crippen molar-refractivity contribution in [3.8, 4) is 0 Å². The third-order valence-electron chi connectivity index (χ3n) is 2.35. The summed E-state index contributed by atoms with van der Waals surface area (Å²) in [6.07, 6.45) is 1.16. The molecule has 2 N–H and O–H groups in total. The number of halogens is 1. The number of rotatable bonds is 6. The summed E-state index contributed by atoms with van der Waals surface area (Å²) in [4.78, 5) is 24.2. The van der Waals surface area contributed by atoms with Gasteiger partial charge in [0.25, 0.3) is 5.69 Å². The van der Waals surface area contributed by atoms with Crippen LogP contribution in [0.15, 0.2) is 12.3 Å². The first-order chi connectivity index (χ1) is 8.81. The molecule has 1 aromatic heterocycles. The Bertz CT molecular complexity index is 493. The number of anilines is 1. The molecule has 0 aliphatic carbocycles. The third-order valence-corrected chi connectivity index (χ3v) is 2.35. The van der Waals surface area contributed by atoms with Crippen LogP contribution in [0.1, 0.15) is 20.3 Å². The van der Waals surface area contributed by atoms with Gasteiger partial charge in [0.2, 0.25) is 0 Å². The average molecular weight is 271 g/mol. The van der Waals surface area contributed by atoms with Gasteiger partial charge >= 0.3 is 5.97 Å². The first-order valence-corrected chi connectivity index (χ1v) is 5.60. The molecule has 0 unspecified atom stereocenters. The fourth-order valence-electron chi connectivity index (χ4n) is 1.49. The van der Waals surface area contributed by atoms with Gasteiger partial charge in [0.1, 0.15) is 12.2 Å². The van der Waals surface area contributed by atoms with E-state index in [0.29, 0.717) is 6.07 Å². The number of hydrogen-bond donors (Lipinski definition) is 2. The Hall–Kier alpha value is -2.25. The molecule has 0 radical (unpaired) electrons. The van der Waals surface area contributed by atoms with Gasteiger partial charge in [0.05, 0.1) is 11.0 Å². The van der Waals surface area contributed by atoms with E-state index in [-0.39, 0.29) is 18.2 Å². The topological polar surface area (TPSA) is 105 Å². The molecule has 19 heavy (non-hydrogen) atoms. The zero-order valence-electron chi connectivity index (χ0n) is 10.5. The fourth-order valence-corrected chi connectivity index (χ4v) is 1.49. The number of hydrogen-bond acceptors (Lipinski definition) is 5. The zero-order valence-corrected chi connectivity index (χ0v) is 10.5. The summed E-state index contributed by atoms with van der Waals surface area (Å²) < 4.78 is 13.5. The minimum Gasteiger partial charge on any atom is -0.480 e. The summed E-state index contributed by atoms with van der Waals surface area (Å²) in [5, 5.41) is 21.9. The van der Waals surface area contributed by atoms with Crippen LogP contribution >= 0.6 is 0 Å². The molecule has 1 heterocycles. The minimum atomic E-state index is -1.13. The minimum absolute atomic E-state index is 0.0923. The molecule has 1 aromatic rings. The van der Waals surface area contributed by atoms with Crippen molar-refractivity contribution in [3.63, 3.8) is 0 Å². The van der Waals surface area contributed by atoms with Crippen molar-refractivity contribution in [2.75, 3.05) is 5.32 Å². The van der Waals surface area contributed by atoms with E-state index in [1.54, 1.807) is 0 Å². The van der Waals surface area contributed by atoms with Gasteiger partial charge in [-0.2, -0.15) is 0 Å². The Labute approximate surface area is 108 Å². The van der Waals surface area contributed by atoms with Crippen LogP contribution in [0.3, 0.4) is 0 Å². The molecule has 0 aliphatic rings. The SMILES string of the molecule is CC(C)C[C@@H](Nc1ncc([N+](=O)[O-])cc1F)C(=O)O. The van der Waals surface area contributed by atoms with E-state index in [9.17, 15) is 19.3 Å². The maximum Gasteiger partial charge on any atom is 0.326 e. The van der Waals surface area contributed by atoms with Crippen LogP contribution < -0.4 is 5.32 Å². The highest BCUT2D eigenvalue weighted by molar-refractivity contribution is 5.76. The van der Waals surface area contributed by atoms with E-state index in [1.807, 2.05) is 13.8 Å². The number of pyridine rings is 1. The van der Waals surface area contributed by atoms with Crippen molar-refractivity contribution in [2.45, 2.75) is 26.3 Å². The van der Waals surface area contributed by atoms with Crippen molar-refractivity contribution in [1.29, 1.82) is 0 Å². The fraction of sp³-hybridized carbons (Fsp3) is 0.455. The van der Waals surface area contributed by atoms with Gasteiger partial charge in [0, 0.05) is 0 Å². The normalized spacial score (nSPS) is 12.2. The molecule has 0 spiro atoms. The second kappa shape index (κ2) is 6.07. The molecule has 8 heteroatoms. The van der Waals surface area contributed by atoms with Crippen LogP contribution in [0.5, 0.6) is 0 Å². The molecular formula is C11H14FN3O4. The second-order valence-electron chi connectivity index (χ2n) is 4.45. The van der Waals surface area contributed by atoms with Gasteiger partial charge in [-0.05, 0) is 12.3 Å². The second-order valence-corrected chi connectivity index (χ2v) is 4.45. The van der Waals surface area contributed by atoms with E-state index in [4.69, 9.17) is 5.11 Å². The summed E-state index contributed by atoms with van der Waals surface area (Å²) in [5.41, 5.74) is -0.487. The van der Waals surface area contributed by atoms with Crippen molar-refractivity contribution >= 4 is 17.5 Å². The molecule has 0 amide bonds. The standard InChI is InChI=1S/C11H14FN3O4/c1-6(2)3-9(11(16)17)14-10-8(12)4-7(5-13-10)15(18)19/h4-6,9H,3H2,1-2H3,(H,13,14)(H,16,17)/t9-/m1/s1. The van der Waals surface area contributed by atoms with E-state index >= 15 is 0 Å². The summed E-state index contributed by atoms with van der Waals surface area (Å²) in [6, 6.07) is -0.299. The summed E-state index contributed by atoms with van der Waals surface area (Å²) in [6.45, 7) is 3.66. The smallest absolute Gasteiger partial charge is 0.326 e. The first-order valence-electron chi connectivity index (χ1n) is 5.60. The van der Waals surface area contributed by atoms with Crippen LogP contribution in [0, 0.1) is 21.8 Å². The van der Waals surface area contributed by atoms with Crippen molar-refractivity contribution in [2.24, 2.45) is 5.92 Å². The molecule has 0 fully saturated rings. The highest BCUT2D eigenvalue weighted by atomic mass is 19.1. The maximum absolute atomic E-state index is 13.5. The monoisotopic (exact) mass is 271 g/mol. The molecule has 0 aromatic carbocycles. The Morgan fingerprint density at radius 2 is 2.26 bits per heavy atom. The molecule has 0 saturated heterocycles. The lowest BCUT2D eigenvalue weighted by molar-refractivity contribution is -0.385. The van der Waals surface area contributed by atoms with E-state index < -0.39 is 28.4 Å². The number of nitro groups is 1. The van der Waals surface area contributed by atoms with Crippen molar-refractivity contribution in [1.82, 2.24) is 4.98 Å². The number of carbonyl (C=O) groups is 1. The van der Waals surface area contributed by atoms with Gasteiger partial charge < -0.3 is 10.4 Å². The van der Waals surface area contributed by atoms with Gasteiger partial charge in [-0.25, -0.2) is 14.2 Å². The van der Waals surface area contributed by atoms with Crippen LogP contribution in [-0.2, 0) is 4.79 Å². The van der Waals surface area contributed by atoms with Crippen molar-refractivity contribution < 1.29 is 19.2 Å². The summed E-state index contributed by atoms with van der Waals surface area (Å²) in [7, 11) is 0. The zero-order chi connectivity index (χ0) is 14.6. The lowest BCUT2D eigenvalue weighted by Crippen LogP contribution is -2.31. The van der Waals surface area contributed by atoms with Gasteiger partial charge in [-0.15, -0.1) is 0 Å². The molecule has 0 saturated carbocycles. The van der Waals surface area contributed by atoms with E-state index in [2.05, 4.69) is 10.3 Å². The number of nitrogens with zero attached hydrogens (tertiary/aromatic N) is 2. The largest absolute Gasteiger partial charge is 0.480 e. The lowest BCUT2D eigenvalue weighted by atomic mass is 10.0. The van der Waals surface area contributed by atoms with Crippen LogP contribution in [-0.4, -0.2) is 27.0 Å². The quantitative estimate of drug-likeness (QED) is 0.605. The van der Waals surface area contributed by atoms with Crippen LogP contribution in [0.2, 0.25) is 0 Å². The Balaban J connectivity index is 2.91. The van der Waals surface area contributed by atoms with Gasteiger partial charge in [-0.3, -0.25) is 10.1 Å². The molecule has 0 bridgehead atoms. The van der Waals surface area contributed by atoms with Crippen LogP contribution in [0.4, 0.5) is 15.9 Å². The Morgan fingerprint density at radius 1 is 1.63 bits per heavy atom. The maximum atomic E-state index is 13.5. The molecule has 0 aliphatic heterocycles. The number of carboxylic acid groups (broad SMARTS) is 1. The Kier molecular flexibility index (Phi) is 4.74. The molecule has 7 nitrogen and oxygen atoms in total. The van der Waals surface area contributed by atoms with E-state index in [1.165, 1.54) is 0 Å².